The maximum absolute atomic E-state index is 12.0. The third-order valence-corrected chi connectivity index (χ3v) is 3.53. The van der Waals surface area contributed by atoms with Crippen LogP contribution in [0, 0.1) is 5.41 Å². The van der Waals surface area contributed by atoms with Crippen molar-refractivity contribution in [2.45, 2.75) is 47.5 Å². The molecule has 0 aliphatic rings. The third-order valence-electron chi connectivity index (χ3n) is 3.53. The standard InChI is InChI=1S/C18H28N2O2/c1-13(2)15-9-7-8-10-16(15)20(14(3)21)12-11-19-17(22)18(4,5)6/h7-10,13H,11-12H2,1-6H3,(H,19,22). The van der Waals surface area contributed by atoms with Crippen molar-refractivity contribution in [2.24, 2.45) is 5.41 Å². The van der Waals surface area contributed by atoms with Gasteiger partial charge in [0.15, 0.2) is 0 Å². The van der Waals surface area contributed by atoms with E-state index in [1.54, 1.807) is 11.8 Å². The lowest BCUT2D eigenvalue weighted by molar-refractivity contribution is -0.128. The molecule has 0 aliphatic heterocycles. The minimum atomic E-state index is -0.420. The van der Waals surface area contributed by atoms with Gasteiger partial charge < -0.3 is 10.2 Å². The summed E-state index contributed by atoms with van der Waals surface area (Å²) in [6, 6.07) is 7.93. The average Bonchev–Trinajstić information content (AvgIpc) is 2.41. The smallest absolute Gasteiger partial charge is 0.225 e. The number of carbonyl (C=O) groups is 2. The first kappa shape index (κ1) is 18.2. The van der Waals surface area contributed by atoms with E-state index in [1.165, 1.54) is 0 Å². The molecule has 0 bridgehead atoms. The molecule has 4 heteroatoms. The third kappa shape index (κ3) is 4.86. The van der Waals surface area contributed by atoms with Gasteiger partial charge in [0.05, 0.1) is 0 Å². The van der Waals surface area contributed by atoms with Crippen LogP contribution in [0.2, 0.25) is 0 Å². The zero-order valence-corrected chi connectivity index (χ0v) is 14.6. The molecule has 0 atom stereocenters. The van der Waals surface area contributed by atoms with Gasteiger partial charge in [-0.25, -0.2) is 0 Å². The molecule has 0 fully saturated rings. The van der Waals surface area contributed by atoms with Crippen molar-refractivity contribution in [3.05, 3.63) is 29.8 Å². The van der Waals surface area contributed by atoms with Crippen LogP contribution in [-0.2, 0) is 9.59 Å². The van der Waals surface area contributed by atoms with E-state index < -0.39 is 5.41 Å². The van der Waals surface area contributed by atoms with Gasteiger partial charge >= 0.3 is 0 Å². The first-order chi connectivity index (χ1) is 10.1. The van der Waals surface area contributed by atoms with Crippen molar-refractivity contribution in [3.63, 3.8) is 0 Å². The molecule has 0 radical (unpaired) electrons. The number of nitrogens with zero attached hydrogens (tertiary/aromatic N) is 1. The van der Waals surface area contributed by atoms with E-state index >= 15 is 0 Å². The maximum Gasteiger partial charge on any atom is 0.225 e. The van der Waals surface area contributed by atoms with Crippen LogP contribution in [0.4, 0.5) is 5.69 Å². The average molecular weight is 304 g/mol. The number of nitrogens with one attached hydrogen (secondary N) is 1. The topological polar surface area (TPSA) is 49.4 Å². The van der Waals surface area contributed by atoms with E-state index in [-0.39, 0.29) is 11.8 Å². The van der Waals surface area contributed by atoms with E-state index in [0.717, 1.165) is 11.3 Å². The summed E-state index contributed by atoms with van der Waals surface area (Å²) in [5.41, 5.74) is 1.64. The summed E-state index contributed by atoms with van der Waals surface area (Å²) in [4.78, 5) is 25.7. The Morgan fingerprint density at radius 2 is 1.77 bits per heavy atom. The van der Waals surface area contributed by atoms with Gasteiger partial charge in [-0.2, -0.15) is 0 Å². The van der Waals surface area contributed by atoms with Crippen molar-refractivity contribution in [2.75, 3.05) is 18.0 Å². The first-order valence-corrected chi connectivity index (χ1v) is 7.80. The molecule has 0 heterocycles. The van der Waals surface area contributed by atoms with Crippen molar-refractivity contribution in [3.8, 4) is 0 Å². The Kier molecular flexibility index (Phi) is 6.15. The zero-order chi connectivity index (χ0) is 16.9. The largest absolute Gasteiger partial charge is 0.354 e. The molecule has 1 rings (SSSR count). The highest BCUT2D eigenvalue weighted by Gasteiger charge is 2.21. The Balaban J connectivity index is 2.84. The summed E-state index contributed by atoms with van der Waals surface area (Å²) >= 11 is 0. The monoisotopic (exact) mass is 304 g/mol. The summed E-state index contributed by atoms with van der Waals surface area (Å²) in [5, 5.41) is 2.89. The summed E-state index contributed by atoms with van der Waals surface area (Å²) in [7, 11) is 0. The number of rotatable bonds is 5. The number of amides is 2. The maximum atomic E-state index is 12.0. The fourth-order valence-electron chi connectivity index (χ4n) is 2.22. The highest BCUT2D eigenvalue weighted by Crippen LogP contribution is 2.27. The summed E-state index contributed by atoms with van der Waals surface area (Å²) < 4.78 is 0. The Morgan fingerprint density at radius 3 is 2.27 bits per heavy atom. The number of benzene rings is 1. The molecule has 1 aromatic carbocycles. The quantitative estimate of drug-likeness (QED) is 0.907. The van der Waals surface area contributed by atoms with Crippen LogP contribution < -0.4 is 10.2 Å². The highest BCUT2D eigenvalue weighted by atomic mass is 16.2. The predicted octanol–water partition coefficient (Wildman–Crippen LogP) is 3.33. The molecule has 0 saturated heterocycles. The minimum Gasteiger partial charge on any atom is -0.354 e. The predicted molar refractivity (Wildman–Crippen MR) is 91.0 cm³/mol. The summed E-state index contributed by atoms with van der Waals surface area (Å²) in [6.45, 7) is 12.3. The molecule has 0 aromatic heterocycles. The second-order valence-electron chi connectivity index (χ2n) is 6.89. The van der Waals surface area contributed by atoms with Crippen LogP contribution >= 0.6 is 0 Å². The van der Waals surface area contributed by atoms with E-state index in [1.807, 2.05) is 45.0 Å². The van der Waals surface area contributed by atoms with Gasteiger partial charge in [-0.05, 0) is 17.5 Å². The molecule has 0 saturated carbocycles. The number of anilines is 1. The van der Waals surface area contributed by atoms with Gasteiger partial charge in [0, 0.05) is 31.1 Å². The Morgan fingerprint density at radius 1 is 1.18 bits per heavy atom. The van der Waals surface area contributed by atoms with Crippen molar-refractivity contribution in [1.29, 1.82) is 0 Å². The summed E-state index contributed by atoms with van der Waals surface area (Å²) in [6.07, 6.45) is 0. The lowest BCUT2D eigenvalue weighted by Gasteiger charge is -2.26. The summed E-state index contributed by atoms with van der Waals surface area (Å²) in [5.74, 6) is 0.313. The van der Waals surface area contributed by atoms with Crippen LogP contribution in [0.5, 0.6) is 0 Å². The Bertz CT molecular complexity index is 530. The fourth-order valence-corrected chi connectivity index (χ4v) is 2.22. The van der Waals surface area contributed by atoms with Crippen LogP contribution in [0.1, 0.15) is 53.0 Å². The van der Waals surface area contributed by atoms with E-state index in [0.29, 0.717) is 19.0 Å². The van der Waals surface area contributed by atoms with Gasteiger partial charge in [0.2, 0.25) is 11.8 Å². The van der Waals surface area contributed by atoms with Crippen LogP contribution in [0.15, 0.2) is 24.3 Å². The normalized spacial score (nSPS) is 11.4. The van der Waals surface area contributed by atoms with Crippen LogP contribution in [0.25, 0.3) is 0 Å². The molecule has 1 aromatic rings. The van der Waals surface area contributed by atoms with Crippen LogP contribution in [-0.4, -0.2) is 24.9 Å². The molecule has 0 aliphatic carbocycles. The minimum absolute atomic E-state index is 0.00635. The molecular formula is C18H28N2O2. The lowest BCUT2D eigenvalue weighted by atomic mass is 9.96. The number of hydrogen-bond donors (Lipinski definition) is 1. The molecule has 122 valence electrons. The van der Waals surface area contributed by atoms with Gasteiger partial charge in [-0.3, -0.25) is 9.59 Å². The van der Waals surface area contributed by atoms with Crippen molar-refractivity contribution < 1.29 is 9.59 Å². The van der Waals surface area contributed by atoms with Gasteiger partial charge in [-0.15, -0.1) is 0 Å². The van der Waals surface area contributed by atoms with E-state index in [2.05, 4.69) is 19.2 Å². The fraction of sp³-hybridized carbons (Fsp3) is 0.556. The molecule has 1 N–H and O–H groups in total. The lowest BCUT2D eigenvalue weighted by Crippen LogP contribution is -2.41. The van der Waals surface area contributed by atoms with Gasteiger partial charge in [0.25, 0.3) is 0 Å². The Labute approximate surface area is 133 Å². The molecule has 0 spiro atoms. The van der Waals surface area contributed by atoms with Gasteiger partial charge in [-0.1, -0.05) is 52.8 Å². The molecule has 0 unspecified atom stereocenters. The molecular weight excluding hydrogens is 276 g/mol. The van der Waals surface area contributed by atoms with Crippen molar-refractivity contribution >= 4 is 17.5 Å². The second kappa shape index (κ2) is 7.43. The number of para-hydroxylation sites is 1. The van der Waals surface area contributed by atoms with E-state index in [4.69, 9.17) is 0 Å². The number of carbonyl (C=O) groups excluding carboxylic acids is 2. The Hall–Kier alpha value is -1.84. The highest BCUT2D eigenvalue weighted by molar-refractivity contribution is 5.92. The van der Waals surface area contributed by atoms with Gasteiger partial charge in [0.1, 0.15) is 0 Å². The van der Waals surface area contributed by atoms with E-state index in [9.17, 15) is 9.59 Å². The number of hydrogen-bond acceptors (Lipinski definition) is 2. The second-order valence-corrected chi connectivity index (χ2v) is 6.89. The van der Waals surface area contributed by atoms with Crippen LogP contribution in [0.3, 0.4) is 0 Å². The SMILES string of the molecule is CC(=O)N(CCNC(=O)C(C)(C)C)c1ccccc1C(C)C. The zero-order valence-electron chi connectivity index (χ0n) is 14.6. The molecule has 22 heavy (non-hydrogen) atoms. The molecule has 2 amide bonds. The molecule has 4 nitrogen and oxygen atoms in total. The first-order valence-electron chi connectivity index (χ1n) is 7.80. The van der Waals surface area contributed by atoms with Crippen molar-refractivity contribution in [1.82, 2.24) is 5.32 Å².